The zero-order chi connectivity index (χ0) is 19.7. The molecule has 7 heteroatoms. The summed E-state index contributed by atoms with van der Waals surface area (Å²) in [6.45, 7) is 1.01. The number of nitrogens with zero attached hydrogens (tertiary/aromatic N) is 1. The molecule has 0 atom stereocenters. The molecule has 0 radical (unpaired) electrons. The van der Waals surface area contributed by atoms with Crippen molar-refractivity contribution < 1.29 is 14.3 Å². The average Bonchev–Trinajstić information content (AvgIpc) is 3.05. The van der Waals surface area contributed by atoms with Crippen LogP contribution in [0.25, 0.3) is 0 Å². The van der Waals surface area contributed by atoms with Crippen LogP contribution in [-0.4, -0.2) is 32.0 Å². The van der Waals surface area contributed by atoms with Crippen molar-refractivity contribution in [2.75, 3.05) is 30.4 Å². The molecular formula is C21H25N3O3S. The summed E-state index contributed by atoms with van der Waals surface area (Å²) in [6, 6.07) is 5.99. The maximum absolute atomic E-state index is 12.8. The van der Waals surface area contributed by atoms with Gasteiger partial charge in [-0.3, -0.25) is 9.59 Å². The second kappa shape index (κ2) is 7.83. The summed E-state index contributed by atoms with van der Waals surface area (Å²) in [5.74, 6) is 0.189. The summed E-state index contributed by atoms with van der Waals surface area (Å²) in [4.78, 5) is 28.1. The van der Waals surface area contributed by atoms with Crippen LogP contribution in [0.3, 0.4) is 0 Å². The Morgan fingerprint density at radius 3 is 2.82 bits per heavy atom. The third kappa shape index (κ3) is 3.46. The Balaban J connectivity index is 1.56. The number of fused-ring (bicyclic) bond motifs is 2. The summed E-state index contributed by atoms with van der Waals surface area (Å²) in [6.07, 6.45) is 5.95. The first-order valence-corrected chi connectivity index (χ1v) is 10.5. The summed E-state index contributed by atoms with van der Waals surface area (Å²) in [5, 5.41) is 3.56. The number of carbonyl (C=O) groups is 2. The number of hydrogen-bond donors (Lipinski definition) is 2. The first-order valence-electron chi connectivity index (χ1n) is 9.73. The quantitative estimate of drug-likeness (QED) is 0.809. The van der Waals surface area contributed by atoms with Gasteiger partial charge in [-0.1, -0.05) is 12.1 Å². The molecule has 3 N–H and O–H groups in total. The van der Waals surface area contributed by atoms with Crippen LogP contribution in [0.2, 0.25) is 0 Å². The van der Waals surface area contributed by atoms with Gasteiger partial charge in [-0.05, 0) is 55.7 Å². The summed E-state index contributed by atoms with van der Waals surface area (Å²) >= 11 is 1.50. The van der Waals surface area contributed by atoms with Crippen LogP contribution in [0.4, 0.5) is 10.7 Å². The molecule has 2 aliphatic rings. The van der Waals surface area contributed by atoms with Gasteiger partial charge >= 0.3 is 0 Å². The number of aryl methyl sites for hydroxylation is 2. The molecular weight excluding hydrogens is 374 g/mol. The SMILES string of the molecule is COc1cccc2c1N(CC(=O)Nc1sc3c(c1C(N)=O)CCCC3)CCC2. The van der Waals surface area contributed by atoms with Gasteiger partial charge in [-0.25, -0.2) is 0 Å². The first kappa shape index (κ1) is 18.8. The molecule has 1 aromatic carbocycles. The van der Waals surface area contributed by atoms with Crippen LogP contribution in [-0.2, 0) is 24.1 Å². The molecule has 0 bridgehead atoms. The van der Waals surface area contributed by atoms with E-state index in [1.807, 2.05) is 12.1 Å². The summed E-state index contributed by atoms with van der Waals surface area (Å²) in [5.41, 5.74) is 9.36. The Morgan fingerprint density at radius 2 is 2.04 bits per heavy atom. The third-order valence-corrected chi connectivity index (χ3v) is 6.71. The number of methoxy groups -OCH3 is 1. The lowest BCUT2D eigenvalue weighted by Crippen LogP contribution is -2.37. The number of para-hydroxylation sites is 1. The fraction of sp³-hybridized carbons (Fsp3) is 0.429. The van der Waals surface area contributed by atoms with Crippen molar-refractivity contribution in [3.63, 3.8) is 0 Å². The van der Waals surface area contributed by atoms with Gasteiger partial charge < -0.3 is 20.7 Å². The molecule has 4 rings (SSSR count). The van der Waals surface area contributed by atoms with E-state index >= 15 is 0 Å². The van der Waals surface area contributed by atoms with Gasteiger partial charge in [0.1, 0.15) is 10.8 Å². The van der Waals surface area contributed by atoms with E-state index in [9.17, 15) is 9.59 Å². The maximum Gasteiger partial charge on any atom is 0.251 e. The fourth-order valence-corrected chi connectivity index (χ4v) is 5.59. The number of nitrogens with one attached hydrogen (secondary N) is 1. The highest BCUT2D eigenvalue weighted by Gasteiger charge is 2.27. The number of carbonyl (C=O) groups excluding carboxylic acids is 2. The Hall–Kier alpha value is -2.54. The number of thiophene rings is 1. The minimum atomic E-state index is -0.459. The van der Waals surface area contributed by atoms with Crippen LogP contribution >= 0.6 is 11.3 Å². The molecule has 0 spiro atoms. The number of benzene rings is 1. The second-order valence-corrected chi connectivity index (χ2v) is 8.43. The second-order valence-electron chi connectivity index (χ2n) is 7.32. The molecule has 28 heavy (non-hydrogen) atoms. The standard InChI is InChI=1S/C21H25N3O3S/c1-27-15-9-4-6-13-7-5-11-24(19(13)15)12-17(25)23-21-18(20(22)26)14-8-2-3-10-16(14)28-21/h4,6,9H,2-3,5,7-8,10-12H2,1H3,(H2,22,26)(H,23,25). The molecule has 6 nitrogen and oxygen atoms in total. The molecule has 1 aliphatic carbocycles. The third-order valence-electron chi connectivity index (χ3n) is 5.50. The fourth-order valence-electron chi connectivity index (χ4n) is 4.28. The number of anilines is 2. The monoisotopic (exact) mass is 399 g/mol. The van der Waals surface area contributed by atoms with Crippen molar-refractivity contribution in [1.29, 1.82) is 0 Å². The highest BCUT2D eigenvalue weighted by molar-refractivity contribution is 7.17. The van der Waals surface area contributed by atoms with Gasteiger partial charge in [0.15, 0.2) is 0 Å². The highest BCUT2D eigenvalue weighted by Crippen LogP contribution is 2.39. The van der Waals surface area contributed by atoms with Crippen LogP contribution in [0, 0.1) is 0 Å². The molecule has 2 heterocycles. The molecule has 2 aromatic rings. The van der Waals surface area contributed by atoms with Crippen LogP contribution in [0.1, 0.15) is 45.6 Å². The van der Waals surface area contributed by atoms with E-state index in [1.54, 1.807) is 7.11 Å². The van der Waals surface area contributed by atoms with E-state index in [2.05, 4.69) is 16.3 Å². The van der Waals surface area contributed by atoms with Gasteiger partial charge in [0.2, 0.25) is 5.91 Å². The number of primary amides is 1. The zero-order valence-corrected chi connectivity index (χ0v) is 16.9. The largest absolute Gasteiger partial charge is 0.495 e. The molecule has 2 amide bonds. The zero-order valence-electron chi connectivity index (χ0n) is 16.0. The van der Waals surface area contributed by atoms with Gasteiger partial charge in [0, 0.05) is 11.4 Å². The van der Waals surface area contributed by atoms with Crippen LogP contribution < -0.4 is 20.7 Å². The Bertz CT molecular complexity index is 908. The first-order chi connectivity index (χ1) is 13.6. The van der Waals surface area contributed by atoms with E-state index in [-0.39, 0.29) is 12.5 Å². The van der Waals surface area contributed by atoms with E-state index in [0.29, 0.717) is 10.6 Å². The van der Waals surface area contributed by atoms with Crippen LogP contribution in [0.5, 0.6) is 5.75 Å². The number of amides is 2. The van der Waals surface area contributed by atoms with Gasteiger partial charge in [0.05, 0.1) is 24.9 Å². The Morgan fingerprint density at radius 1 is 1.21 bits per heavy atom. The molecule has 1 aromatic heterocycles. The van der Waals surface area contributed by atoms with Gasteiger partial charge in [-0.15, -0.1) is 11.3 Å². The lowest BCUT2D eigenvalue weighted by atomic mass is 9.95. The summed E-state index contributed by atoms with van der Waals surface area (Å²) < 4.78 is 5.52. The normalized spacial score (nSPS) is 15.5. The molecule has 1 aliphatic heterocycles. The molecule has 0 saturated carbocycles. The molecule has 0 unspecified atom stereocenters. The smallest absolute Gasteiger partial charge is 0.251 e. The van der Waals surface area contributed by atoms with Crippen molar-refractivity contribution >= 4 is 33.8 Å². The van der Waals surface area contributed by atoms with Crippen molar-refractivity contribution in [2.24, 2.45) is 5.73 Å². The van der Waals surface area contributed by atoms with Crippen molar-refractivity contribution in [3.8, 4) is 5.75 Å². The van der Waals surface area contributed by atoms with E-state index < -0.39 is 5.91 Å². The average molecular weight is 400 g/mol. The number of hydrogen-bond acceptors (Lipinski definition) is 5. The van der Waals surface area contributed by atoms with E-state index in [1.165, 1.54) is 21.8 Å². The predicted octanol–water partition coefficient (Wildman–Crippen LogP) is 3.13. The van der Waals surface area contributed by atoms with Crippen molar-refractivity contribution in [2.45, 2.75) is 38.5 Å². The Labute approximate surface area is 168 Å². The minimum Gasteiger partial charge on any atom is -0.495 e. The number of nitrogens with two attached hydrogens (primary N) is 1. The summed E-state index contributed by atoms with van der Waals surface area (Å²) in [7, 11) is 1.65. The molecule has 148 valence electrons. The minimum absolute atomic E-state index is 0.139. The lowest BCUT2D eigenvalue weighted by Gasteiger charge is -2.32. The van der Waals surface area contributed by atoms with Crippen molar-refractivity contribution in [3.05, 3.63) is 39.8 Å². The lowest BCUT2D eigenvalue weighted by molar-refractivity contribution is -0.115. The van der Waals surface area contributed by atoms with E-state index in [0.717, 1.165) is 62.1 Å². The van der Waals surface area contributed by atoms with Gasteiger partial charge in [0.25, 0.3) is 5.91 Å². The highest BCUT2D eigenvalue weighted by atomic mass is 32.1. The van der Waals surface area contributed by atoms with Crippen molar-refractivity contribution in [1.82, 2.24) is 0 Å². The number of ether oxygens (including phenoxy) is 1. The predicted molar refractivity (Wildman–Crippen MR) is 112 cm³/mol. The maximum atomic E-state index is 12.8. The topological polar surface area (TPSA) is 84.7 Å². The molecule has 0 fully saturated rings. The van der Waals surface area contributed by atoms with E-state index in [4.69, 9.17) is 10.5 Å². The number of rotatable bonds is 5. The molecule has 0 saturated heterocycles. The van der Waals surface area contributed by atoms with Crippen LogP contribution in [0.15, 0.2) is 18.2 Å². The van der Waals surface area contributed by atoms with Gasteiger partial charge in [-0.2, -0.15) is 0 Å². The Kier molecular flexibility index (Phi) is 5.26.